The Bertz CT molecular complexity index is 250. The number of nitrogens with one attached hydrogen (secondary N) is 1. The highest BCUT2D eigenvalue weighted by Crippen LogP contribution is 2.19. The maximum atomic E-state index is 11.9. The van der Waals surface area contributed by atoms with Gasteiger partial charge in [-0.05, 0) is 33.6 Å². The number of aliphatic hydroxyl groups is 1. The van der Waals surface area contributed by atoms with Crippen molar-refractivity contribution in [1.82, 2.24) is 10.2 Å². The molecule has 0 bridgehead atoms. The zero-order valence-corrected chi connectivity index (χ0v) is 11.1. The highest BCUT2D eigenvalue weighted by atomic mass is 16.5. The second kappa shape index (κ2) is 6.21. The second-order valence-electron chi connectivity index (χ2n) is 5.02. The Morgan fingerprint density at radius 3 is 2.47 bits per heavy atom. The summed E-state index contributed by atoms with van der Waals surface area (Å²) in [6.07, 6.45) is 2.06. The number of hydrogen-bond acceptors (Lipinski definition) is 3. The smallest absolute Gasteiger partial charge is 0.317 e. The number of hydrogen-bond donors (Lipinski definition) is 2. The molecule has 0 aromatic carbocycles. The molecule has 100 valence electrons. The van der Waals surface area contributed by atoms with Crippen LogP contribution in [0.1, 0.15) is 33.6 Å². The number of carbonyl (C=O) groups is 1. The van der Waals surface area contributed by atoms with Crippen molar-refractivity contribution in [3.8, 4) is 0 Å². The molecular weight excluding hydrogens is 220 g/mol. The minimum absolute atomic E-state index is 0.0233. The third-order valence-electron chi connectivity index (χ3n) is 3.27. The molecule has 17 heavy (non-hydrogen) atoms. The van der Waals surface area contributed by atoms with Crippen molar-refractivity contribution in [1.29, 1.82) is 0 Å². The number of aliphatic hydroxyl groups excluding tert-OH is 1. The topological polar surface area (TPSA) is 61.8 Å². The van der Waals surface area contributed by atoms with E-state index in [4.69, 9.17) is 9.84 Å². The Kier molecular flexibility index (Phi) is 5.21. The van der Waals surface area contributed by atoms with Crippen LogP contribution in [0.5, 0.6) is 0 Å². The molecule has 0 saturated carbocycles. The van der Waals surface area contributed by atoms with Crippen molar-refractivity contribution in [3.63, 3.8) is 0 Å². The summed E-state index contributed by atoms with van der Waals surface area (Å²) in [6.45, 7) is 5.84. The van der Waals surface area contributed by atoms with Gasteiger partial charge in [0.25, 0.3) is 0 Å². The lowest BCUT2D eigenvalue weighted by Gasteiger charge is -2.34. The van der Waals surface area contributed by atoms with Crippen LogP contribution in [0.4, 0.5) is 4.79 Å². The number of amides is 2. The number of nitrogens with zero attached hydrogens (tertiary/aromatic N) is 1. The predicted molar refractivity (Wildman–Crippen MR) is 65.9 cm³/mol. The average molecular weight is 244 g/mol. The van der Waals surface area contributed by atoms with Gasteiger partial charge in [-0.15, -0.1) is 0 Å². The van der Waals surface area contributed by atoms with Gasteiger partial charge in [0.15, 0.2) is 0 Å². The van der Waals surface area contributed by atoms with Crippen LogP contribution >= 0.6 is 0 Å². The summed E-state index contributed by atoms with van der Waals surface area (Å²) < 4.78 is 5.62. The van der Waals surface area contributed by atoms with E-state index in [9.17, 15) is 4.79 Å². The molecule has 1 saturated heterocycles. The summed E-state index contributed by atoms with van der Waals surface area (Å²) >= 11 is 0. The lowest BCUT2D eigenvalue weighted by atomic mass is 10.00. The molecule has 2 amide bonds. The van der Waals surface area contributed by atoms with Crippen LogP contribution in [0.2, 0.25) is 0 Å². The first-order valence-corrected chi connectivity index (χ1v) is 6.23. The molecule has 0 aromatic heterocycles. The van der Waals surface area contributed by atoms with Crippen LogP contribution < -0.4 is 5.32 Å². The molecule has 3 unspecified atom stereocenters. The van der Waals surface area contributed by atoms with E-state index in [0.29, 0.717) is 0 Å². The molecule has 0 radical (unpaired) electrons. The maximum Gasteiger partial charge on any atom is 0.317 e. The van der Waals surface area contributed by atoms with Crippen molar-refractivity contribution in [2.24, 2.45) is 0 Å². The van der Waals surface area contributed by atoms with Crippen LogP contribution in [0.3, 0.4) is 0 Å². The largest absolute Gasteiger partial charge is 0.394 e. The standard InChI is InChI=1S/C12H24N2O3/c1-8(7-15)14(4)12(16)13-11-5-9(2)17-10(3)6-11/h8-11,15H,5-7H2,1-4H3,(H,13,16). The average Bonchev–Trinajstić information content (AvgIpc) is 2.25. The molecule has 5 nitrogen and oxygen atoms in total. The van der Waals surface area contributed by atoms with Gasteiger partial charge in [-0.1, -0.05) is 0 Å². The van der Waals surface area contributed by atoms with E-state index in [0.717, 1.165) is 12.8 Å². The molecule has 1 fully saturated rings. The first-order chi connectivity index (χ1) is 7.93. The van der Waals surface area contributed by atoms with Gasteiger partial charge >= 0.3 is 6.03 Å². The lowest BCUT2D eigenvalue weighted by Crippen LogP contribution is -2.50. The zero-order chi connectivity index (χ0) is 13.0. The van der Waals surface area contributed by atoms with Crippen molar-refractivity contribution < 1.29 is 14.6 Å². The van der Waals surface area contributed by atoms with Gasteiger partial charge in [-0.25, -0.2) is 4.79 Å². The molecule has 3 atom stereocenters. The molecule has 2 N–H and O–H groups in total. The van der Waals surface area contributed by atoms with Crippen molar-refractivity contribution >= 4 is 6.03 Å². The van der Waals surface area contributed by atoms with Gasteiger partial charge in [0.05, 0.1) is 24.9 Å². The van der Waals surface area contributed by atoms with E-state index in [1.54, 1.807) is 7.05 Å². The normalized spacial score (nSPS) is 30.8. The fraction of sp³-hybridized carbons (Fsp3) is 0.917. The van der Waals surface area contributed by atoms with Crippen molar-refractivity contribution in [2.75, 3.05) is 13.7 Å². The Balaban J connectivity index is 2.45. The SMILES string of the molecule is CC1CC(NC(=O)N(C)C(C)CO)CC(C)O1. The second-order valence-corrected chi connectivity index (χ2v) is 5.02. The monoisotopic (exact) mass is 244 g/mol. The first kappa shape index (κ1) is 14.3. The number of ether oxygens (including phenoxy) is 1. The summed E-state index contributed by atoms with van der Waals surface area (Å²) in [4.78, 5) is 13.4. The third kappa shape index (κ3) is 4.16. The summed E-state index contributed by atoms with van der Waals surface area (Å²) in [5.41, 5.74) is 0. The van der Waals surface area contributed by atoms with E-state index < -0.39 is 0 Å². The molecule has 1 heterocycles. The van der Waals surface area contributed by atoms with E-state index in [1.807, 2.05) is 20.8 Å². The van der Waals surface area contributed by atoms with Crippen LogP contribution in [0.15, 0.2) is 0 Å². The van der Waals surface area contributed by atoms with Crippen molar-refractivity contribution in [3.05, 3.63) is 0 Å². The summed E-state index contributed by atoms with van der Waals surface area (Å²) in [6, 6.07) is -0.128. The number of rotatable bonds is 3. The molecule has 0 aromatic rings. The van der Waals surface area contributed by atoms with Gasteiger partial charge in [0, 0.05) is 13.1 Å². The predicted octanol–water partition coefficient (Wildman–Crippen LogP) is 0.965. The molecule has 5 heteroatoms. The fourth-order valence-corrected chi connectivity index (χ4v) is 2.12. The van der Waals surface area contributed by atoms with E-state index >= 15 is 0 Å². The van der Waals surface area contributed by atoms with Gasteiger partial charge in [-0.2, -0.15) is 0 Å². The van der Waals surface area contributed by atoms with Gasteiger partial charge in [0.1, 0.15) is 0 Å². The third-order valence-corrected chi connectivity index (χ3v) is 3.27. The van der Waals surface area contributed by atoms with E-state index in [-0.39, 0.29) is 36.9 Å². The van der Waals surface area contributed by atoms with Crippen LogP contribution in [-0.2, 0) is 4.74 Å². The highest BCUT2D eigenvalue weighted by Gasteiger charge is 2.27. The molecular formula is C12H24N2O3. The quantitative estimate of drug-likeness (QED) is 0.777. The molecule has 1 aliphatic heterocycles. The Morgan fingerprint density at radius 2 is 2.00 bits per heavy atom. The minimum atomic E-state index is -0.162. The van der Waals surface area contributed by atoms with Gasteiger partial charge < -0.3 is 20.1 Å². The van der Waals surface area contributed by atoms with Crippen LogP contribution in [0.25, 0.3) is 0 Å². The summed E-state index contributed by atoms with van der Waals surface area (Å²) in [7, 11) is 1.70. The Hall–Kier alpha value is -0.810. The minimum Gasteiger partial charge on any atom is -0.394 e. The highest BCUT2D eigenvalue weighted by molar-refractivity contribution is 5.74. The Labute approximate surface area is 103 Å². The van der Waals surface area contributed by atoms with E-state index in [1.165, 1.54) is 4.90 Å². The molecule has 0 spiro atoms. The van der Waals surface area contributed by atoms with E-state index in [2.05, 4.69) is 5.32 Å². The summed E-state index contributed by atoms with van der Waals surface area (Å²) in [5, 5.41) is 12.0. The molecule has 1 rings (SSSR count). The number of likely N-dealkylation sites (N-methyl/N-ethyl adjacent to an activating group) is 1. The molecule has 0 aliphatic carbocycles. The van der Waals surface area contributed by atoms with Gasteiger partial charge in [-0.3, -0.25) is 0 Å². The van der Waals surface area contributed by atoms with Gasteiger partial charge in [0.2, 0.25) is 0 Å². The number of carbonyl (C=O) groups excluding carboxylic acids is 1. The fourth-order valence-electron chi connectivity index (χ4n) is 2.12. The Morgan fingerprint density at radius 1 is 1.47 bits per heavy atom. The number of urea groups is 1. The van der Waals surface area contributed by atoms with Crippen LogP contribution in [0, 0.1) is 0 Å². The molecule has 1 aliphatic rings. The lowest BCUT2D eigenvalue weighted by molar-refractivity contribution is -0.0408. The van der Waals surface area contributed by atoms with Crippen LogP contribution in [-0.4, -0.2) is 54.0 Å². The summed E-state index contributed by atoms with van der Waals surface area (Å²) in [5.74, 6) is 0. The zero-order valence-electron chi connectivity index (χ0n) is 11.1. The first-order valence-electron chi connectivity index (χ1n) is 6.23. The van der Waals surface area contributed by atoms with Crippen molar-refractivity contribution in [2.45, 2.75) is 57.9 Å². The maximum absolute atomic E-state index is 11.9.